The summed E-state index contributed by atoms with van der Waals surface area (Å²) in [6, 6.07) is 0. The molecule has 0 bridgehead atoms. The van der Waals surface area contributed by atoms with Crippen molar-refractivity contribution < 1.29 is 0 Å². The van der Waals surface area contributed by atoms with Gasteiger partial charge in [0.2, 0.25) is 0 Å². The number of allylic oxidation sites excluding steroid dienone is 2. The summed E-state index contributed by atoms with van der Waals surface area (Å²) < 4.78 is 0. The molecular formula is C7H12N2S. The van der Waals surface area contributed by atoms with E-state index in [1.165, 1.54) is 36.3 Å². The van der Waals surface area contributed by atoms with Crippen molar-refractivity contribution in [2.24, 2.45) is 5.73 Å². The smallest absolute Gasteiger partial charge is 0.127 e. The number of rotatable bonds is 0. The lowest BCUT2D eigenvalue weighted by molar-refractivity contribution is 0.642. The standard InChI is InChI=1S/C7H12N2S/c8-7-9-5-3-1-2-4-6(5)10-7/h7,9H,1-4,8H2. The molecule has 3 N–H and O–H groups in total. The summed E-state index contributed by atoms with van der Waals surface area (Å²) >= 11 is 1.80. The zero-order chi connectivity index (χ0) is 6.97. The Morgan fingerprint density at radius 1 is 1.40 bits per heavy atom. The second-order valence-electron chi connectivity index (χ2n) is 2.79. The van der Waals surface area contributed by atoms with Crippen LogP contribution in [0, 0.1) is 0 Å². The Bertz CT molecular complexity index is 158. The van der Waals surface area contributed by atoms with Gasteiger partial charge in [0.15, 0.2) is 0 Å². The van der Waals surface area contributed by atoms with Crippen LogP contribution in [0.4, 0.5) is 0 Å². The van der Waals surface area contributed by atoms with E-state index in [4.69, 9.17) is 5.73 Å². The highest BCUT2D eigenvalue weighted by molar-refractivity contribution is 8.03. The lowest BCUT2D eigenvalue weighted by atomic mass is 10.0. The topological polar surface area (TPSA) is 38.0 Å². The van der Waals surface area contributed by atoms with E-state index in [0.29, 0.717) is 0 Å². The lowest BCUT2D eigenvalue weighted by Gasteiger charge is -2.11. The first-order valence-electron chi connectivity index (χ1n) is 3.77. The number of nitrogens with two attached hydrogens (primary N) is 1. The van der Waals surface area contributed by atoms with Crippen molar-refractivity contribution in [3.05, 3.63) is 10.6 Å². The molecule has 2 aliphatic rings. The Morgan fingerprint density at radius 2 is 2.20 bits per heavy atom. The highest BCUT2D eigenvalue weighted by Crippen LogP contribution is 2.37. The Kier molecular flexibility index (Phi) is 1.62. The van der Waals surface area contributed by atoms with E-state index in [-0.39, 0.29) is 5.50 Å². The van der Waals surface area contributed by atoms with Crippen LogP contribution >= 0.6 is 11.8 Å². The van der Waals surface area contributed by atoms with E-state index in [0.717, 1.165) is 0 Å². The predicted octanol–water partition coefficient (Wildman–Crippen LogP) is 1.35. The van der Waals surface area contributed by atoms with E-state index in [1.807, 2.05) is 0 Å². The van der Waals surface area contributed by atoms with Crippen LogP contribution in [0.25, 0.3) is 0 Å². The van der Waals surface area contributed by atoms with Gasteiger partial charge in [-0.3, -0.25) is 0 Å². The summed E-state index contributed by atoms with van der Waals surface area (Å²) in [7, 11) is 0. The Labute approximate surface area is 65.2 Å². The van der Waals surface area contributed by atoms with Crippen LogP contribution in [0.1, 0.15) is 25.7 Å². The molecule has 1 heterocycles. The maximum Gasteiger partial charge on any atom is 0.127 e. The minimum absolute atomic E-state index is 0.142. The first kappa shape index (κ1) is 6.55. The number of thioether (sulfide) groups is 1. The van der Waals surface area contributed by atoms with E-state index in [9.17, 15) is 0 Å². The molecule has 0 aromatic heterocycles. The molecule has 0 aromatic carbocycles. The summed E-state index contributed by atoms with van der Waals surface area (Å²) in [6.07, 6.45) is 5.15. The number of hydrogen-bond acceptors (Lipinski definition) is 3. The summed E-state index contributed by atoms with van der Waals surface area (Å²) in [5.41, 5.74) is 7.27. The first-order valence-corrected chi connectivity index (χ1v) is 4.65. The molecule has 0 saturated heterocycles. The van der Waals surface area contributed by atoms with Crippen molar-refractivity contribution in [3.8, 4) is 0 Å². The Morgan fingerprint density at radius 3 is 3.00 bits per heavy atom. The van der Waals surface area contributed by atoms with Crippen molar-refractivity contribution in [1.82, 2.24) is 5.32 Å². The molecule has 2 nitrogen and oxygen atoms in total. The van der Waals surface area contributed by atoms with Gasteiger partial charge in [0.1, 0.15) is 5.50 Å². The molecule has 1 unspecified atom stereocenters. The zero-order valence-electron chi connectivity index (χ0n) is 5.89. The van der Waals surface area contributed by atoms with Crippen molar-refractivity contribution in [3.63, 3.8) is 0 Å². The van der Waals surface area contributed by atoms with Crippen LogP contribution in [0.3, 0.4) is 0 Å². The summed E-state index contributed by atoms with van der Waals surface area (Å²) in [5.74, 6) is 0. The maximum atomic E-state index is 5.70. The third-order valence-electron chi connectivity index (χ3n) is 2.00. The average Bonchev–Trinajstić information content (AvgIpc) is 2.27. The minimum Gasteiger partial charge on any atom is -0.364 e. The molecule has 0 radical (unpaired) electrons. The van der Waals surface area contributed by atoms with Gasteiger partial charge in [0, 0.05) is 10.6 Å². The first-order chi connectivity index (χ1) is 4.86. The SMILES string of the molecule is NC1NC2=C(CCCC2)S1. The zero-order valence-corrected chi connectivity index (χ0v) is 6.71. The molecule has 0 saturated carbocycles. The summed E-state index contributed by atoms with van der Waals surface area (Å²) in [4.78, 5) is 1.51. The lowest BCUT2D eigenvalue weighted by Crippen LogP contribution is -2.28. The molecule has 10 heavy (non-hydrogen) atoms. The Hall–Kier alpha value is -0.150. The van der Waals surface area contributed by atoms with Crippen molar-refractivity contribution >= 4 is 11.8 Å². The summed E-state index contributed by atoms with van der Waals surface area (Å²) in [5, 5.41) is 3.28. The van der Waals surface area contributed by atoms with E-state index in [2.05, 4.69) is 5.32 Å². The summed E-state index contributed by atoms with van der Waals surface area (Å²) in [6.45, 7) is 0. The number of nitrogens with one attached hydrogen (secondary N) is 1. The molecular weight excluding hydrogens is 144 g/mol. The average molecular weight is 156 g/mol. The van der Waals surface area contributed by atoms with Crippen LogP contribution in [0.5, 0.6) is 0 Å². The van der Waals surface area contributed by atoms with Gasteiger partial charge < -0.3 is 11.1 Å². The van der Waals surface area contributed by atoms with Gasteiger partial charge in [-0.2, -0.15) is 0 Å². The molecule has 0 aromatic rings. The van der Waals surface area contributed by atoms with Crippen LogP contribution in [-0.4, -0.2) is 5.50 Å². The van der Waals surface area contributed by atoms with Gasteiger partial charge in [-0.1, -0.05) is 11.8 Å². The van der Waals surface area contributed by atoms with Crippen molar-refractivity contribution in [2.45, 2.75) is 31.2 Å². The molecule has 1 aliphatic carbocycles. The highest BCUT2D eigenvalue weighted by Gasteiger charge is 2.22. The van der Waals surface area contributed by atoms with Gasteiger partial charge in [0.25, 0.3) is 0 Å². The van der Waals surface area contributed by atoms with Crippen LogP contribution in [0.15, 0.2) is 10.6 Å². The highest BCUT2D eigenvalue weighted by atomic mass is 32.2. The third kappa shape index (κ3) is 1.04. The molecule has 1 atom stereocenters. The fourth-order valence-electron chi connectivity index (χ4n) is 1.51. The molecule has 3 heteroatoms. The second-order valence-corrected chi connectivity index (χ2v) is 4.03. The number of hydrogen-bond donors (Lipinski definition) is 2. The van der Waals surface area contributed by atoms with Crippen LogP contribution in [0.2, 0.25) is 0 Å². The predicted molar refractivity (Wildman–Crippen MR) is 44.2 cm³/mol. The van der Waals surface area contributed by atoms with Gasteiger partial charge in [-0.05, 0) is 25.7 Å². The molecule has 1 aliphatic heterocycles. The van der Waals surface area contributed by atoms with E-state index >= 15 is 0 Å². The quantitative estimate of drug-likeness (QED) is 0.556. The maximum absolute atomic E-state index is 5.70. The molecule has 0 amide bonds. The molecule has 0 spiro atoms. The van der Waals surface area contributed by atoms with Gasteiger partial charge >= 0.3 is 0 Å². The fourth-order valence-corrected chi connectivity index (χ4v) is 2.59. The van der Waals surface area contributed by atoms with Gasteiger partial charge in [-0.25, -0.2) is 0 Å². The molecule has 0 fully saturated rings. The van der Waals surface area contributed by atoms with Crippen molar-refractivity contribution in [2.75, 3.05) is 0 Å². The van der Waals surface area contributed by atoms with Gasteiger partial charge in [-0.15, -0.1) is 0 Å². The van der Waals surface area contributed by atoms with Gasteiger partial charge in [0.05, 0.1) is 0 Å². The largest absolute Gasteiger partial charge is 0.364 e. The minimum atomic E-state index is 0.142. The van der Waals surface area contributed by atoms with E-state index in [1.54, 1.807) is 11.8 Å². The third-order valence-corrected chi connectivity index (χ3v) is 3.11. The second kappa shape index (κ2) is 2.47. The normalized spacial score (nSPS) is 31.9. The van der Waals surface area contributed by atoms with Crippen LogP contribution < -0.4 is 11.1 Å². The molecule has 2 rings (SSSR count). The molecule has 56 valence electrons. The van der Waals surface area contributed by atoms with Crippen LogP contribution in [-0.2, 0) is 0 Å². The van der Waals surface area contributed by atoms with E-state index < -0.39 is 0 Å². The monoisotopic (exact) mass is 156 g/mol. The van der Waals surface area contributed by atoms with Crippen molar-refractivity contribution in [1.29, 1.82) is 0 Å². The Balaban J connectivity index is 2.13. The fraction of sp³-hybridized carbons (Fsp3) is 0.714.